The lowest BCUT2D eigenvalue weighted by molar-refractivity contribution is -0.151. The molecule has 1 aliphatic heterocycles. The van der Waals surface area contributed by atoms with Gasteiger partial charge in [-0.05, 0) is 81.2 Å². The Labute approximate surface area is 247 Å². The van der Waals surface area contributed by atoms with Crippen molar-refractivity contribution in [2.75, 3.05) is 0 Å². The van der Waals surface area contributed by atoms with Gasteiger partial charge in [-0.15, -0.1) is 0 Å². The van der Waals surface area contributed by atoms with Gasteiger partial charge in [-0.25, -0.2) is 12.8 Å². The van der Waals surface area contributed by atoms with Gasteiger partial charge < -0.3 is 5.32 Å². The first kappa shape index (κ1) is 29.6. The van der Waals surface area contributed by atoms with E-state index in [9.17, 15) is 30.8 Å². The number of aliphatic imine (C=N–C) groups is 1. The summed E-state index contributed by atoms with van der Waals surface area (Å²) in [6.45, 7) is 3.59. The third-order valence-electron chi connectivity index (χ3n) is 9.44. The maximum atomic E-state index is 14.3. The number of nitrogens with one attached hydrogen (secondary N) is 1. The van der Waals surface area contributed by atoms with E-state index >= 15 is 0 Å². The third-order valence-corrected chi connectivity index (χ3v) is 11.7. The molecule has 0 saturated heterocycles. The van der Waals surface area contributed by atoms with E-state index in [1.54, 1.807) is 24.3 Å². The molecule has 2 bridgehead atoms. The zero-order chi connectivity index (χ0) is 30.3. The topological polar surface area (TPSA) is 78.8 Å². The van der Waals surface area contributed by atoms with Crippen molar-refractivity contribution in [2.24, 2.45) is 15.8 Å². The molecule has 4 fully saturated rings. The van der Waals surface area contributed by atoms with Gasteiger partial charge in [-0.3, -0.25) is 9.79 Å². The minimum Gasteiger partial charge on any atom is -0.366 e. The summed E-state index contributed by atoms with van der Waals surface area (Å²) in [7, 11) is -3.96. The average Bonchev–Trinajstić information content (AvgIpc) is 3.50. The van der Waals surface area contributed by atoms with Crippen molar-refractivity contribution in [1.29, 1.82) is 0 Å². The van der Waals surface area contributed by atoms with Crippen molar-refractivity contribution in [3.05, 3.63) is 64.9 Å². The van der Waals surface area contributed by atoms with Gasteiger partial charge in [-0.2, -0.15) is 17.5 Å². The molecule has 0 unspecified atom stereocenters. The molecule has 1 heterocycles. The molecule has 0 amide bonds. The van der Waals surface area contributed by atoms with Crippen LogP contribution in [0, 0.1) is 16.6 Å². The van der Waals surface area contributed by atoms with Crippen LogP contribution in [0.15, 0.2) is 58.4 Å². The first-order valence-corrected chi connectivity index (χ1v) is 15.8. The van der Waals surface area contributed by atoms with E-state index in [0.29, 0.717) is 43.5 Å². The molecular formula is C30H32ClF4N3O3S. The van der Waals surface area contributed by atoms with Crippen LogP contribution in [0.4, 0.5) is 17.6 Å². The second-order valence-corrected chi connectivity index (χ2v) is 15.5. The SMILES string of the molecule is CC1(C)NC(C23CC(N(Cc4ccc(Cl)c(F)c4)S(=O)(=O)c4ccccc4)(C2)C3)=N[C@H]1C(=O)CC1(CC(F)(F)F)CC1. The molecule has 1 N–H and O–H groups in total. The average molecular weight is 626 g/mol. The number of amidine groups is 1. The van der Waals surface area contributed by atoms with E-state index in [-0.39, 0.29) is 28.7 Å². The van der Waals surface area contributed by atoms with Gasteiger partial charge in [0.05, 0.1) is 15.5 Å². The van der Waals surface area contributed by atoms with Crippen LogP contribution in [0.1, 0.15) is 64.4 Å². The molecule has 4 aliphatic carbocycles. The lowest BCUT2D eigenvalue weighted by Crippen LogP contribution is -2.78. The van der Waals surface area contributed by atoms with Crippen LogP contribution in [0.25, 0.3) is 0 Å². The summed E-state index contributed by atoms with van der Waals surface area (Å²) in [5, 5.41) is 3.31. The summed E-state index contributed by atoms with van der Waals surface area (Å²) >= 11 is 5.85. The summed E-state index contributed by atoms with van der Waals surface area (Å²) in [5.74, 6) is -0.322. The summed E-state index contributed by atoms with van der Waals surface area (Å²) in [6.07, 6.45) is -3.29. The van der Waals surface area contributed by atoms with E-state index in [2.05, 4.69) is 5.32 Å². The third kappa shape index (κ3) is 5.05. The van der Waals surface area contributed by atoms with E-state index in [1.165, 1.54) is 28.6 Å². The Balaban J connectivity index is 1.23. The van der Waals surface area contributed by atoms with Crippen LogP contribution >= 0.6 is 11.6 Å². The molecule has 4 saturated carbocycles. The number of halogens is 5. The number of hydrogen-bond acceptors (Lipinski definition) is 5. The molecular weight excluding hydrogens is 594 g/mol. The van der Waals surface area contributed by atoms with Crippen LogP contribution in [0.2, 0.25) is 5.02 Å². The number of hydrogen-bond donors (Lipinski definition) is 1. The first-order valence-electron chi connectivity index (χ1n) is 14.0. The summed E-state index contributed by atoms with van der Waals surface area (Å²) in [4.78, 5) is 18.1. The lowest BCUT2D eigenvalue weighted by atomic mass is 9.38. The van der Waals surface area contributed by atoms with Gasteiger partial charge in [0.2, 0.25) is 10.0 Å². The Kier molecular flexibility index (Phi) is 6.69. The standard InChI is InChI=1S/C30H32ClF4N3O3S/c1-26(2)24(23(39)13-27(10-11-27)15-30(33,34)35)36-25(37-26)28-16-29(17-28,18-28)38(14-19-8-9-21(31)22(32)12-19)42(40,41)20-6-4-3-5-7-20/h3-9,12,24H,10-11,13-18H2,1-2H3,(H,36,37)/t24-,28?,29?/m0/s1. The number of ketones is 1. The number of carbonyl (C=O) groups excluding carboxylic acids is 1. The molecule has 0 spiro atoms. The van der Waals surface area contributed by atoms with Crippen molar-refractivity contribution in [2.45, 2.75) is 93.5 Å². The number of nitrogens with zero attached hydrogens (tertiary/aromatic N) is 2. The van der Waals surface area contributed by atoms with E-state index < -0.39 is 56.4 Å². The fourth-order valence-corrected chi connectivity index (χ4v) is 9.10. The van der Waals surface area contributed by atoms with Crippen LogP contribution < -0.4 is 5.32 Å². The summed E-state index contributed by atoms with van der Waals surface area (Å²) in [6, 6.07) is 11.5. The van der Waals surface area contributed by atoms with Crippen molar-refractivity contribution >= 4 is 33.2 Å². The molecule has 226 valence electrons. The predicted octanol–water partition coefficient (Wildman–Crippen LogP) is 6.43. The second kappa shape index (κ2) is 9.50. The molecule has 1 atom stereocenters. The smallest absolute Gasteiger partial charge is 0.366 e. The maximum absolute atomic E-state index is 14.3. The van der Waals surface area contributed by atoms with E-state index in [0.717, 1.165) is 0 Å². The minimum atomic E-state index is -4.32. The lowest BCUT2D eigenvalue weighted by Gasteiger charge is -2.73. The van der Waals surface area contributed by atoms with Gasteiger partial charge in [0.25, 0.3) is 0 Å². The molecule has 6 nitrogen and oxygen atoms in total. The number of Topliss-reactive ketones (excluding diaryl/α,β-unsaturated/α-hetero) is 1. The van der Waals surface area contributed by atoms with Gasteiger partial charge in [0, 0.05) is 30.3 Å². The molecule has 0 radical (unpaired) electrons. The molecule has 2 aromatic carbocycles. The highest BCUT2D eigenvalue weighted by atomic mass is 35.5. The number of sulfonamides is 1. The molecule has 12 heteroatoms. The van der Waals surface area contributed by atoms with Crippen molar-refractivity contribution in [3.63, 3.8) is 0 Å². The number of rotatable bonds is 10. The zero-order valence-electron chi connectivity index (χ0n) is 23.3. The van der Waals surface area contributed by atoms with Crippen molar-refractivity contribution in [1.82, 2.24) is 9.62 Å². The van der Waals surface area contributed by atoms with Crippen LogP contribution in [-0.2, 0) is 21.4 Å². The Morgan fingerprint density at radius 2 is 1.74 bits per heavy atom. The van der Waals surface area contributed by atoms with Gasteiger partial charge in [-0.1, -0.05) is 35.9 Å². The Bertz CT molecular complexity index is 1550. The molecule has 7 rings (SSSR count). The van der Waals surface area contributed by atoms with Gasteiger partial charge in [0.15, 0.2) is 5.78 Å². The molecule has 0 aromatic heterocycles. The first-order chi connectivity index (χ1) is 19.5. The molecule has 2 aromatic rings. The number of alkyl halides is 3. The summed E-state index contributed by atoms with van der Waals surface area (Å²) < 4.78 is 82.8. The highest BCUT2D eigenvalue weighted by Crippen LogP contribution is 2.71. The van der Waals surface area contributed by atoms with Crippen LogP contribution in [0.5, 0.6) is 0 Å². The Morgan fingerprint density at radius 1 is 1.10 bits per heavy atom. The normalized spacial score (nSPS) is 28.9. The minimum absolute atomic E-state index is 0.0464. The highest BCUT2D eigenvalue weighted by Gasteiger charge is 2.75. The van der Waals surface area contributed by atoms with Gasteiger partial charge in [0.1, 0.15) is 17.7 Å². The van der Waals surface area contributed by atoms with Crippen LogP contribution in [0.3, 0.4) is 0 Å². The largest absolute Gasteiger partial charge is 0.389 e. The number of carbonyl (C=O) groups is 1. The fraction of sp³-hybridized carbons (Fsp3) is 0.533. The predicted molar refractivity (Wildman–Crippen MR) is 150 cm³/mol. The maximum Gasteiger partial charge on any atom is 0.389 e. The second-order valence-electron chi connectivity index (χ2n) is 13.3. The van der Waals surface area contributed by atoms with Crippen molar-refractivity contribution in [3.8, 4) is 0 Å². The van der Waals surface area contributed by atoms with Crippen LogP contribution in [-0.4, -0.2) is 47.6 Å². The Morgan fingerprint density at radius 3 is 2.31 bits per heavy atom. The number of benzene rings is 2. The summed E-state index contributed by atoms with van der Waals surface area (Å²) in [5.41, 5.74) is -2.50. The quantitative estimate of drug-likeness (QED) is 0.309. The van der Waals surface area contributed by atoms with Gasteiger partial charge >= 0.3 is 6.18 Å². The fourth-order valence-electron chi connectivity index (χ4n) is 7.21. The highest BCUT2D eigenvalue weighted by molar-refractivity contribution is 7.89. The monoisotopic (exact) mass is 625 g/mol. The molecule has 5 aliphatic rings. The van der Waals surface area contributed by atoms with E-state index in [1.807, 2.05) is 13.8 Å². The molecule has 42 heavy (non-hydrogen) atoms. The van der Waals surface area contributed by atoms with Crippen molar-refractivity contribution < 1.29 is 30.8 Å². The Hall–Kier alpha value is -2.50. The van der Waals surface area contributed by atoms with E-state index in [4.69, 9.17) is 16.6 Å². The zero-order valence-corrected chi connectivity index (χ0v) is 24.8.